The molecule has 2 heterocycles. The van der Waals surface area contributed by atoms with E-state index in [0.29, 0.717) is 54.6 Å². The summed E-state index contributed by atoms with van der Waals surface area (Å²) in [7, 11) is 0. The van der Waals surface area contributed by atoms with Crippen LogP contribution in [0.15, 0.2) is 53.5 Å². The molecule has 0 saturated heterocycles. The van der Waals surface area contributed by atoms with Crippen molar-refractivity contribution in [2.75, 3.05) is 6.61 Å². The molecular weight excluding hydrogens is 356 g/mol. The lowest BCUT2D eigenvalue weighted by Crippen LogP contribution is -2.23. The van der Waals surface area contributed by atoms with Crippen molar-refractivity contribution < 1.29 is 14.6 Å². The van der Waals surface area contributed by atoms with Crippen LogP contribution in [0.25, 0.3) is 16.7 Å². The number of hydrogen-bond donors (Lipinski definition) is 1. The van der Waals surface area contributed by atoms with E-state index in [1.807, 2.05) is 30.3 Å². The molecule has 0 bridgehead atoms. The van der Waals surface area contributed by atoms with Crippen LogP contribution in [0.2, 0.25) is 0 Å². The average molecular weight is 380 g/mol. The Kier molecular flexibility index (Phi) is 6.42. The smallest absolute Gasteiger partial charge is 0.305 e. The Morgan fingerprint density at radius 1 is 1.11 bits per heavy atom. The van der Waals surface area contributed by atoms with Crippen LogP contribution in [0.3, 0.4) is 0 Å². The van der Waals surface area contributed by atoms with E-state index in [4.69, 9.17) is 4.74 Å². The molecule has 0 aliphatic rings. The Hall–Kier alpha value is -3.15. The number of rotatable bonds is 8. The lowest BCUT2D eigenvalue weighted by Gasteiger charge is -2.14. The molecule has 6 nitrogen and oxygen atoms in total. The third-order valence-electron chi connectivity index (χ3n) is 4.63. The Bertz CT molecular complexity index is 1010. The van der Waals surface area contributed by atoms with Gasteiger partial charge in [0.15, 0.2) is 5.65 Å². The number of carbonyl (C=O) groups is 1. The number of aromatic hydroxyl groups is 1. The molecule has 146 valence electrons. The molecule has 3 rings (SSSR count). The van der Waals surface area contributed by atoms with Gasteiger partial charge in [0, 0.05) is 12.6 Å². The number of unbranched alkanes of at least 4 members (excludes halogenated alkanes) is 2. The maximum atomic E-state index is 13.2. The molecule has 1 N–H and O–H groups in total. The number of para-hydroxylation sites is 1. The quantitative estimate of drug-likeness (QED) is 0.475. The van der Waals surface area contributed by atoms with Gasteiger partial charge in [-0.05, 0) is 50.5 Å². The molecule has 0 radical (unpaired) electrons. The van der Waals surface area contributed by atoms with Crippen molar-refractivity contribution in [3.05, 3.63) is 64.6 Å². The Morgan fingerprint density at radius 3 is 2.64 bits per heavy atom. The number of ether oxygens (including phenoxy) is 1. The highest BCUT2D eigenvalue weighted by atomic mass is 16.5. The predicted octanol–water partition coefficient (Wildman–Crippen LogP) is 3.76. The zero-order valence-electron chi connectivity index (χ0n) is 15.9. The molecule has 0 saturated carbocycles. The summed E-state index contributed by atoms with van der Waals surface area (Å²) in [6, 6.07) is 12.8. The first-order valence-corrected chi connectivity index (χ1v) is 9.56. The third kappa shape index (κ3) is 4.22. The molecule has 0 atom stereocenters. The monoisotopic (exact) mass is 380 g/mol. The molecule has 3 aromatic rings. The van der Waals surface area contributed by atoms with Crippen molar-refractivity contribution in [1.29, 1.82) is 0 Å². The average Bonchev–Trinajstić information content (AvgIpc) is 2.71. The van der Waals surface area contributed by atoms with Crippen LogP contribution in [-0.4, -0.2) is 27.2 Å². The van der Waals surface area contributed by atoms with Gasteiger partial charge in [0.1, 0.15) is 5.75 Å². The highest BCUT2D eigenvalue weighted by Crippen LogP contribution is 2.27. The van der Waals surface area contributed by atoms with Gasteiger partial charge >= 0.3 is 5.97 Å². The van der Waals surface area contributed by atoms with Crippen LogP contribution in [0.1, 0.15) is 38.2 Å². The van der Waals surface area contributed by atoms with E-state index in [1.165, 1.54) is 0 Å². The van der Waals surface area contributed by atoms with Crippen molar-refractivity contribution in [3.8, 4) is 11.4 Å². The predicted molar refractivity (Wildman–Crippen MR) is 108 cm³/mol. The van der Waals surface area contributed by atoms with Gasteiger partial charge in [0.2, 0.25) is 0 Å². The highest BCUT2D eigenvalue weighted by molar-refractivity contribution is 5.84. The Morgan fingerprint density at radius 2 is 1.89 bits per heavy atom. The standard InChI is InChI=1S/C22H24N2O4/c1-2-28-19(25)14-8-4-7-12-18-20(26)17-13-9-15-23-21(17)24(22(18)27)16-10-5-3-6-11-16/h3,5-6,9-11,13,15,26H,2,4,7-8,12,14H2,1H3. The Labute approximate surface area is 163 Å². The van der Waals surface area contributed by atoms with Gasteiger partial charge in [-0.15, -0.1) is 0 Å². The second kappa shape index (κ2) is 9.17. The first-order chi connectivity index (χ1) is 13.6. The Balaban J connectivity index is 1.87. The summed E-state index contributed by atoms with van der Waals surface area (Å²) in [6.07, 6.45) is 4.58. The maximum Gasteiger partial charge on any atom is 0.305 e. The van der Waals surface area contributed by atoms with E-state index < -0.39 is 0 Å². The van der Waals surface area contributed by atoms with E-state index in [1.54, 1.807) is 29.8 Å². The summed E-state index contributed by atoms with van der Waals surface area (Å²) in [4.78, 5) is 28.9. The SMILES string of the molecule is CCOC(=O)CCCCCc1c(O)c2cccnc2n(-c2ccccc2)c1=O. The topological polar surface area (TPSA) is 81.4 Å². The molecule has 0 aliphatic carbocycles. The number of nitrogens with zero attached hydrogens (tertiary/aromatic N) is 2. The van der Waals surface area contributed by atoms with Crippen molar-refractivity contribution >= 4 is 17.0 Å². The molecule has 0 fully saturated rings. The molecule has 0 unspecified atom stereocenters. The summed E-state index contributed by atoms with van der Waals surface area (Å²) in [5.74, 6) is -0.209. The molecule has 6 heteroatoms. The fraction of sp³-hybridized carbons (Fsp3) is 0.318. The lowest BCUT2D eigenvalue weighted by atomic mass is 10.0. The first kappa shape index (κ1) is 19.6. The number of carbonyl (C=O) groups excluding carboxylic acids is 1. The number of hydrogen-bond acceptors (Lipinski definition) is 5. The molecule has 28 heavy (non-hydrogen) atoms. The largest absolute Gasteiger partial charge is 0.507 e. The number of aromatic nitrogens is 2. The number of fused-ring (bicyclic) bond motifs is 1. The summed E-state index contributed by atoms with van der Waals surface area (Å²) < 4.78 is 6.46. The number of esters is 1. The van der Waals surface area contributed by atoms with E-state index in [2.05, 4.69) is 4.98 Å². The van der Waals surface area contributed by atoms with Crippen LogP contribution in [0.5, 0.6) is 5.75 Å². The summed E-state index contributed by atoms with van der Waals surface area (Å²) in [5, 5.41) is 11.2. The van der Waals surface area contributed by atoms with Crippen molar-refractivity contribution in [1.82, 2.24) is 9.55 Å². The van der Waals surface area contributed by atoms with Crippen molar-refractivity contribution in [2.45, 2.75) is 39.0 Å². The minimum absolute atomic E-state index is 0.00864. The fourth-order valence-electron chi connectivity index (χ4n) is 3.28. The molecule has 1 aromatic carbocycles. The van der Waals surface area contributed by atoms with Gasteiger partial charge in [-0.3, -0.25) is 14.2 Å². The molecular formula is C22H24N2O4. The van der Waals surface area contributed by atoms with Crippen LogP contribution < -0.4 is 5.56 Å². The van der Waals surface area contributed by atoms with Gasteiger partial charge in [-0.2, -0.15) is 0 Å². The normalized spacial score (nSPS) is 10.9. The summed E-state index contributed by atoms with van der Waals surface area (Å²) in [6.45, 7) is 2.17. The second-order valence-corrected chi connectivity index (χ2v) is 6.54. The van der Waals surface area contributed by atoms with Gasteiger partial charge in [0.05, 0.1) is 23.2 Å². The van der Waals surface area contributed by atoms with E-state index >= 15 is 0 Å². The van der Waals surface area contributed by atoms with Crippen LogP contribution >= 0.6 is 0 Å². The van der Waals surface area contributed by atoms with Crippen LogP contribution in [0.4, 0.5) is 0 Å². The fourth-order valence-corrected chi connectivity index (χ4v) is 3.28. The molecule has 0 spiro atoms. The highest BCUT2D eigenvalue weighted by Gasteiger charge is 2.17. The van der Waals surface area contributed by atoms with E-state index in [9.17, 15) is 14.7 Å². The van der Waals surface area contributed by atoms with Gasteiger partial charge < -0.3 is 9.84 Å². The van der Waals surface area contributed by atoms with Crippen molar-refractivity contribution in [3.63, 3.8) is 0 Å². The second-order valence-electron chi connectivity index (χ2n) is 6.54. The zero-order valence-corrected chi connectivity index (χ0v) is 15.9. The zero-order chi connectivity index (χ0) is 19.9. The minimum atomic E-state index is -0.264. The van der Waals surface area contributed by atoms with Crippen LogP contribution in [0, 0.1) is 0 Å². The van der Waals surface area contributed by atoms with Gasteiger partial charge in [-0.25, -0.2) is 4.98 Å². The third-order valence-corrected chi connectivity index (χ3v) is 4.63. The molecule has 2 aromatic heterocycles. The number of benzene rings is 1. The molecule has 0 aliphatic heterocycles. The van der Waals surface area contributed by atoms with Gasteiger partial charge in [0.25, 0.3) is 5.56 Å². The maximum absolute atomic E-state index is 13.2. The van der Waals surface area contributed by atoms with E-state index in [0.717, 1.165) is 6.42 Å². The number of pyridine rings is 2. The molecule has 0 amide bonds. The summed E-state index contributed by atoms with van der Waals surface area (Å²) >= 11 is 0. The van der Waals surface area contributed by atoms with Crippen LogP contribution in [-0.2, 0) is 16.0 Å². The van der Waals surface area contributed by atoms with Crippen molar-refractivity contribution in [2.24, 2.45) is 0 Å². The van der Waals surface area contributed by atoms with E-state index in [-0.39, 0.29) is 17.3 Å². The van der Waals surface area contributed by atoms with Gasteiger partial charge in [-0.1, -0.05) is 24.6 Å². The first-order valence-electron chi connectivity index (χ1n) is 9.56. The lowest BCUT2D eigenvalue weighted by molar-refractivity contribution is -0.143. The summed E-state index contributed by atoms with van der Waals surface area (Å²) in [5.41, 5.74) is 1.25. The minimum Gasteiger partial charge on any atom is -0.507 e.